The Hall–Kier alpha value is -1.91. The van der Waals surface area contributed by atoms with Gasteiger partial charge in [0.2, 0.25) is 5.78 Å². The first-order valence-electron chi connectivity index (χ1n) is 6.16. The molecule has 2 atom stereocenters. The van der Waals surface area contributed by atoms with Crippen molar-refractivity contribution < 1.29 is 19.4 Å². The average molecular weight is 260 g/mol. The molecule has 2 rings (SSSR count). The smallest absolute Gasteiger partial charge is 0.228 e. The van der Waals surface area contributed by atoms with Gasteiger partial charge in [-0.2, -0.15) is 0 Å². The Morgan fingerprint density at radius 2 is 1.84 bits per heavy atom. The highest BCUT2D eigenvalue weighted by molar-refractivity contribution is 5.97. The molecule has 0 saturated carbocycles. The van der Waals surface area contributed by atoms with Gasteiger partial charge in [0.25, 0.3) is 0 Å². The molecule has 1 aromatic carbocycles. The van der Waals surface area contributed by atoms with E-state index in [2.05, 4.69) is 0 Å². The number of carbonyl (C=O) groups is 1. The second kappa shape index (κ2) is 6.31. The van der Waals surface area contributed by atoms with Crippen molar-refractivity contribution in [1.82, 2.24) is 0 Å². The summed E-state index contributed by atoms with van der Waals surface area (Å²) in [7, 11) is 0. The molecule has 0 fully saturated rings. The van der Waals surface area contributed by atoms with Crippen LogP contribution < -0.4 is 0 Å². The zero-order valence-electron chi connectivity index (χ0n) is 10.4. The summed E-state index contributed by atoms with van der Waals surface area (Å²) >= 11 is 0. The van der Waals surface area contributed by atoms with Crippen molar-refractivity contribution in [1.29, 1.82) is 0 Å². The molecule has 1 aromatic heterocycles. The van der Waals surface area contributed by atoms with E-state index in [0.717, 1.165) is 5.56 Å². The van der Waals surface area contributed by atoms with E-state index < -0.39 is 18.0 Å². The first-order chi connectivity index (χ1) is 9.18. The summed E-state index contributed by atoms with van der Waals surface area (Å²) < 4.78 is 4.91. The first kappa shape index (κ1) is 13.5. The summed E-state index contributed by atoms with van der Waals surface area (Å²) in [6, 6.07) is 12.6. The maximum atomic E-state index is 11.8. The number of ketones is 1. The molecule has 0 aliphatic heterocycles. The van der Waals surface area contributed by atoms with E-state index in [1.807, 2.05) is 30.3 Å². The normalized spacial score (nSPS) is 14.0. The predicted molar refractivity (Wildman–Crippen MR) is 69.8 cm³/mol. The number of Topliss-reactive ketones (excluding diaryl/α,β-unsaturated/α-hetero) is 1. The van der Waals surface area contributed by atoms with Crippen LogP contribution in [0.4, 0.5) is 0 Å². The molecule has 0 spiro atoms. The van der Waals surface area contributed by atoms with E-state index in [1.165, 1.54) is 12.3 Å². The van der Waals surface area contributed by atoms with Crippen molar-refractivity contribution in [2.75, 3.05) is 0 Å². The van der Waals surface area contributed by atoms with Crippen LogP contribution in [0.2, 0.25) is 0 Å². The lowest BCUT2D eigenvalue weighted by Crippen LogP contribution is -2.34. The third kappa shape index (κ3) is 3.53. The van der Waals surface area contributed by atoms with Crippen molar-refractivity contribution in [3.8, 4) is 0 Å². The fourth-order valence-corrected chi connectivity index (χ4v) is 1.86. The van der Waals surface area contributed by atoms with E-state index in [-0.39, 0.29) is 5.76 Å². The van der Waals surface area contributed by atoms with Gasteiger partial charge in [-0.15, -0.1) is 0 Å². The van der Waals surface area contributed by atoms with Crippen molar-refractivity contribution in [2.45, 2.75) is 25.0 Å². The SMILES string of the molecule is O=C(c1ccco1)C(O)C(O)CCc1ccccc1. The monoisotopic (exact) mass is 260 g/mol. The number of aryl methyl sites for hydroxylation is 1. The Morgan fingerprint density at radius 1 is 1.11 bits per heavy atom. The van der Waals surface area contributed by atoms with Crippen LogP contribution in [0.25, 0.3) is 0 Å². The maximum absolute atomic E-state index is 11.8. The highest BCUT2D eigenvalue weighted by Gasteiger charge is 2.26. The minimum atomic E-state index is -1.45. The van der Waals surface area contributed by atoms with Crippen LogP contribution in [0, 0.1) is 0 Å². The molecule has 0 bridgehead atoms. The number of rotatable bonds is 6. The second-order valence-corrected chi connectivity index (χ2v) is 4.38. The molecule has 0 aliphatic carbocycles. The predicted octanol–water partition coefficient (Wildman–Crippen LogP) is 1.82. The molecular formula is C15H16O4. The second-order valence-electron chi connectivity index (χ2n) is 4.38. The van der Waals surface area contributed by atoms with Crippen LogP contribution in [0.1, 0.15) is 22.5 Å². The lowest BCUT2D eigenvalue weighted by Gasteiger charge is -2.15. The van der Waals surface area contributed by atoms with Crippen LogP contribution in [0.5, 0.6) is 0 Å². The summed E-state index contributed by atoms with van der Waals surface area (Å²) in [6.45, 7) is 0. The van der Waals surface area contributed by atoms with Gasteiger partial charge in [0.05, 0.1) is 12.4 Å². The Bertz CT molecular complexity index is 504. The lowest BCUT2D eigenvalue weighted by molar-refractivity contribution is 0.0161. The van der Waals surface area contributed by atoms with Crippen molar-refractivity contribution >= 4 is 5.78 Å². The summed E-state index contributed by atoms with van der Waals surface area (Å²) in [5.74, 6) is -0.531. The van der Waals surface area contributed by atoms with Gasteiger partial charge in [-0.1, -0.05) is 30.3 Å². The maximum Gasteiger partial charge on any atom is 0.228 e. The van der Waals surface area contributed by atoms with Crippen LogP contribution in [0.3, 0.4) is 0 Å². The van der Waals surface area contributed by atoms with Crippen LogP contribution >= 0.6 is 0 Å². The molecule has 2 N–H and O–H groups in total. The molecule has 1 heterocycles. The van der Waals surface area contributed by atoms with E-state index >= 15 is 0 Å². The number of aliphatic hydroxyl groups is 2. The summed E-state index contributed by atoms with van der Waals surface area (Å²) in [4.78, 5) is 11.8. The molecular weight excluding hydrogens is 244 g/mol. The number of hydrogen-bond acceptors (Lipinski definition) is 4. The average Bonchev–Trinajstić information content (AvgIpc) is 2.98. The van der Waals surface area contributed by atoms with Gasteiger partial charge in [0.15, 0.2) is 5.76 Å². The number of benzene rings is 1. The van der Waals surface area contributed by atoms with Gasteiger partial charge in [0, 0.05) is 0 Å². The van der Waals surface area contributed by atoms with E-state index in [1.54, 1.807) is 6.07 Å². The Labute approximate surface area is 111 Å². The van der Waals surface area contributed by atoms with Gasteiger partial charge in [-0.05, 0) is 30.5 Å². The van der Waals surface area contributed by atoms with E-state index in [4.69, 9.17) is 4.42 Å². The number of carbonyl (C=O) groups excluding carboxylic acids is 1. The molecule has 0 aliphatic rings. The lowest BCUT2D eigenvalue weighted by atomic mass is 10.0. The summed E-state index contributed by atoms with van der Waals surface area (Å²) in [5, 5.41) is 19.6. The van der Waals surface area contributed by atoms with Gasteiger partial charge in [-0.25, -0.2) is 0 Å². The largest absolute Gasteiger partial charge is 0.461 e. The van der Waals surface area contributed by atoms with Crippen LogP contribution in [0.15, 0.2) is 53.1 Å². The van der Waals surface area contributed by atoms with Crippen LogP contribution in [-0.2, 0) is 6.42 Å². The van der Waals surface area contributed by atoms with Crippen molar-refractivity contribution in [2.24, 2.45) is 0 Å². The Morgan fingerprint density at radius 3 is 2.47 bits per heavy atom. The van der Waals surface area contributed by atoms with Gasteiger partial charge >= 0.3 is 0 Å². The van der Waals surface area contributed by atoms with Gasteiger partial charge in [0.1, 0.15) is 6.10 Å². The molecule has 2 aromatic rings. The number of aliphatic hydroxyl groups excluding tert-OH is 2. The quantitative estimate of drug-likeness (QED) is 0.777. The molecule has 0 radical (unpaired) electrons. The van der Waals surface area contributed by atoms with Crippen molar-refractivity contribution in [3.63, 3.8) is 0 Å². The highest BCUT2D eigenvalue weighted by atomic mass is 16.4. The number of furan rings is 1. The summed E-state index contributed by atoms with van der Waals surface area (Å²) in [5.41, 5.74) is 1.05. The van der Waals surface area contributed by atoms with Crippen molar-refractivity contribution in [3.05, 3.63) is 60.1 Å². The zero-order valence-corrected chi connectivity index (χ0v) is 10.4. The molecule has 100 valence electrons. The molecule has 4 nitrogen and oxygen atoms in total. The summed E-state index contributed by atoms with van der Waals surface area (Å²) in [6.07, 6.45) is -0.272. The topological polar surface area (TPSA) is 70.7 Å². The fraction of sp³-hybridized carbons (Fsp3) is 0.267. The minimum absolute atomic E-state index is 0.0614. The van der Waals surface area contributed by atoms with E-state index in [9.17, 15) is 15.0 Å². The van der Waals surface area contributed by atoms with Gasteiger partial charge in [-0.3, -0.25) is 4.79 Å². The van der Waals surface area contributed by atoms with Crippen LogP contribution in [-0.4, -0.2) is 28.2 Å². The standard InChI is InChI=1S/C15H16O4/c16-12(9-8-11-5-2-1-3-6-11)14(17)15(18)13-7-4-10-19-13/h1-7,10,12,14,16-17H,8-9H2. The minimum Gasteiger partial charge on any atom is -0.461 e. The number of hydrogen-bond donors (Lipinski definition) is 2. The third-order valence-electron chi connectivity index (χ3n) is 2.97. The zero-order chi connectivity index (χ0) is 13.7. The molecule has 19 heavy (non-hydrogen) atoms. The Kier molecular flexibility index (Phi) is 4.49. The fourth-order valence-electron chi connectivity index (χ4n) is 1.86. The third-order valence-corrected chi connectivity index (χ3v) is 2.97. The molecule has 2 unspecified atom stereocenters. The molecule has 0 amide bonds. The molecule has 4 heteroatoms. The van der Waals surface area contributed by atoms with E-state index in [0.29, 0.717) is 12.8 Å². The Balaban J connectivity index is 1.89. The first-order valence-corrected chi connectivity index (χ1v) is 6.16. The highest BCUT2D eigenvalue weighted by Crippen LogP contribution is 2.12. The van der Waals surface area contributed by atoms with Gasteiger partial charge < -0.3 is 14.6 Å². The molecule has 0 saturated heterocycles.